The lowest BCUT2D eigenvalue weighted by molar-refractivity contribution is -0.142. The summed E-state index contributed by atoms with van der Waals surface area (Å²) in [6.07, 6.45) is -2.10. The molecule has 0 saturated carbocycles. The van der Waals surface area contributed by atoms with Crippen LogP contribution < -0.4 is 11.1 Å². The van der Waals surface area contributed by atoms with Gasteiger partial charge in [-0.05, 0) is 30.5 Å². The summed E-state index contributed by atoms with van der Waals surface area (Å²) in [6, 6.07) is 7.91. The molecule has 0 fully saturated rings. The lowest BCUT2D eigenvalue weighted by Gasteiger charge is -2.30. The van der Waals surface area contributed by atoms with Crippen LogP contribution in [0.15, 0.2) is 57.7 Å². The average molecular weight is 572 g/mol. The zero-order valence-corrected chi connectivity index (χ0v) is 22.6. The van der Waals surface area contributed by atoms with Crippen molar-refractivity contribution in [3.8, 4) is 28.1 Å². The number of phenols is 1. The summed E-state index contributed by atoms with van der Waals surface area (Å²) in [4.78, 5) is 39.9. The number of H-pyrrole nitrogens is 2. The smallest absolute Gasteiger partial charge is 0.433 e. The van der Waals surface area contributed by atoms with E-state index in [1.807, 2.05) is 0 Å². The summed E-state index contributed by atoms with van der Waals surface area (Å²) in [6.45, 7) is 6.52. The highest BCUT2D eigenvalue weighted by atomic mass is 32.1. The molecular weight excluding hydrogens is 547 g/mol. The Bertz CT molecular complexity index is 1810. The molecule has 0 aliphatic rings. The van der Waals surface area contributed by atoms with Crippen molar-refractivity contribution in [3.05, 3.63) is 91.3 Å². The predicted molar refractivity (Wildman–Crippen MR) is 142 cm³/mol. The van der Waals surface area contributed by atoms with Crippen LogP contribution >= 0.6 is 11.3 Å². The van der Waals surface area contributed by atoms with Crippen LogP contribution in [0.3, 0.4) is 0 Å². The third-order valence-corrected chi connectivity index (χ3v) is 7.21. The first-order chi connectivity index (χ1) is 18.8. The van der Waals surface area contributed by atoms with Crippen molar-refractivity contribution in [2.45, 2.75) is 39.8 Å². The van der Waals surface area contributed by atoms with Gasteiger partial charge in [0.25, 0.3) is 17.1 Å². The number of alkyl halides is 3. The first-order valence-electron chi connectivity index (χ1n) is 12.0. The summed E-state index contributed by atoms with van der Waals surface area (Å²) < 4.78 is 45.2. The van der Waals surface area contributed by atoms with E-state index in [-0.39, 0.29) is 33.8 Å². The standard InChI is InChI=1S/C26H24F3N7O3S/c1-13-17(21(38)35(33-13)23-30-10-7-11-31-23)19(25(2,3)4)18-20(26(27,28)29)34-36(22(18)39)24-32-15(12-40-24)14-8-5-6-9-16(14)37/h5-12,19,33-34,37H,1-4H3. The number of nitrogens with zero attached hydrogens (tertiary/aromatic N) is 5. The maximum absolute atomic E-state index is 14.5. The topological polar surface area (TPSA) is 134 Å². The molecule has 3 N–H and O–H groups in total. The number of aromatic nitrogens is 7. The molecule has 0 aliphatic carbocycles. The van der Waals surface area contributed by atoms with Gasteiger partial charge in [-0.15, -0.1) is 11.3 Å². The van der Waals surface area contributed by atoms with E-state index in [9.17, 15) is 27.9 Å². The quantitative estimate of drug-likeness (QED) is 0.278. The average Bonchev–Trinajstić information content (AvgIpc) is 3.57. The minimum Gasteiger partial charge on any atom is -0.507 e. The molecule has 4 aromatic heterocycles. The van der Waals surface area contributed by atoms with Gasteiger partial charge in [0, 0.05) is 40.5 Å². The molecule has 1 aromatic carbocycles. The number of nitrogens with one attached hydrogen (secondary N) is 2. The fourth-order valence-electron chi connectivity index (χ4n) is 4.71. The molecule has 0 amide bonds. The van der Waals surface area contributed by atoms with Crippen LogP contribution in [0, 0.1) is 12.3 Å². The molecule has 0 radical (unpaired) electrons. The van der Waals surface area contributed by atoms with Gasteiger partial charge in [-0.3, -0.25) is 19.8 Å². The van der Waals surface area contributed by atoms with E-state index in [1.54, 1.807) is 52.0 Å². The van der Waals surface area contributed by atoms with Crippen LogP contribution in [0.4, 0.5) is 13.2 Å². The number of benzene rings is 1. The van der Waals surface area contributed by atoms with Crippen molar-refractivity contribution >= 4 is 11.3 Å². The van der Waals surface area contributed by atoms with Gasteiger partial charge < -0.3 is 5.11 Å². The molecule has 4 heterocycles. The summed E-state index contributed by atoms with van der Waals surface area (Å²) in [5, 5.41) is 16.7. The second-order valence-electron chi connectivity index (χ2n) is 10.2. The molecule has 5 rings (SSSR count). The van der Waals surface area contributed by atoms with Crippen LogP contribution in [0.2, 0.25) is 0 Å². The summed E-state index contributed by atoms with van der Waals surface area (Å²) >= 11 is 0.929. The summed E-state index contributed by atoms with van der Waals surface area (Å²) in [5.74, 6) is -1.33. The zero-order chi connectivity index (χ0) is 29.0. The minimum absolute atomic E-state index is 0.0107. The number of rotatable bonds is 5. The number of thiazole rings is 1. The van der Waals surface area contributed by atoms with E-state index >= 15 is 0 Å². The molecule has 14 heteroatoms. The second kappa shape index (κ2) is 9.62. The number of halogens is 3. The lowest BCUT2D eigenvalue weighted by Crippen LogP contribution is -2.32. The first kappa shape index (κ1) is 27.1. The molecule has 5 aromatic rings. The van der Waals surface area contributed by atoms with Gasteiger partial charge in [-0.2, -0.15) is 22.5 Å². The first-order valence-corrected chi connectivity index (χ1v) is 12.9. The fraction of sp³-hybridized carbons (Fsp3) is 0.269. The molecule has 1 atom stereocenters. The summed E-state index contributed by atoms with van der Waals surface area (Å²) in [5.41, 5.74) is -3.65. The normalized spacial score (nSPS) is 13.1. The number of hydrogen-bond donors (Lipinski definition) is 3. The maximum Gasteiger partial charge on any atom is 0.433 e. The Kier molecular flexibility index (Phi) is 6.53. The highest BCUT2D eigenvalue weighted by Gasteiger charge is 2.45. The molecular formula is C26H24F3N7O3S. The SMILES string of the molecule is Cc1[nH]n(-c2ncccn2)c(=O)c1C(c1c(C(F)(F)F)[nH]n(-c2nc(-c3ccccc3O)cs2)c1=O)C(C)(C)C. The maximum atomic E-state index is 14.5. The fourth-order valence-corrected chi connectivity index (χ4v) is 5.49. The van der Waals surface area contributed by atoms with Crippen molar-refractivity contribution in [1.82, 2.24) is 34.5 Å². The molecule has 1 unspecified atom stereocenters. The Morgan fingerprint density at radius 2 is 1.60 bits per heavy atom. The van der Waals surface area contributed by atoms with Crippen molar-refractivity contribution in [3.63, 3.8) is 0 Å². The van der Waals surface area contributed by atoms with Gasteiger partial charge in [0.15, 0.2) is 0 Å². The van der Waals surface area contributed by atoms with Crippen LogP contribution in [0.25, 0.3) is 22.3 Å². The third kappa shape index (κ3) is 4.63. The van der Waals surface area contributed by atoms with Gasteiger partial charge in [-0.25, -0.2) is 15.0 Å². The molecule has 0 saturated heterocycles. The van der Waals surface area contributed by atoms with Crippen molar-refractivity contribution < 1.29 is 18.3 Å². The van der Waals surface area contributed by atoms with E-state index in [0.717, 1.165) is 20.7 Å². The largest absolute Gasteiger partial charge is 0.507 e. The highest BCUT2D eigenvalue weighted by molar-refractivity contribution is 7.12. The van der Waals surface area contributed by atoms with Gasteiger partial charge in [0.2, 0.25) is 5.13 Å². The number of hydrogen-bond acceptors (Lipinski definition) is 7. The third-order valence-electron chi connectivity index (χ3n) is 6.39. The Morgan fingerprint density at radius 1 is 0.950 bits per heavy atom. The molecule has 10 nitrogen and oxygen atoms in total. The lowest BCUT2D eigenvalue weighted by atomic mass is 9.72. The molecule has 0 bridgehead atoms. The van der Waals surface area contributed by atoms with Crippen molar-refractivity contribution in [1.29, 1.82) is 0 Å². The molecule has 208 valence electrons. The monoisotopic (exact) mass is 571 g/mol. The number of aromatic amines is 2. The van der Waals surface area contributed by atoms with Gasteiger partial charge in [-0.1, -0.05) is 32.9 Å². The molecule has 0 spiro atoms. The number of aryl methyl sites for hydroxylation is 1. The van der Waals surface area contributed by atoms with Crippen LogP contribution in [-0.4, -0.2) is 39.6 Å². The zero-order valence-electron chi connectivity index (χ0n) is 21.7. The molecule has 40 heavy (non-hydrogen) atoms. The van der Waals surface area contributed by atoms with Gasteiger partial charge >= 0.3 is 6.18 Å². The van der Waals surface area contributed by atoms with E-state index in [0.29, 0.717) is 5.56 Å². The van der Waals surface area contributed by atoms with Crippen molar-refractivity contribution in [2.75, 3.05) is 0 Å². The number of para-hydroxylation sites is 1. The number of phenolic OH excluding ortho intramolecular Hbond substituents is 1. The number of aromatic hydroxyl groups is 1. The van der Waals surface area contributed by atoms with Crippen LogP contribution in [0.5, 0.6) is 5.75 Å². The Morgan fingerprint density at radius 3 is 2.23 bits per heavy atom. The highest BCUT2D eigenvalue weighted by Crippen LogP contribution is 2.44. The van der Waals surface area contributed by atoms with Gasteiger partial charge in [0.1, 0.15) is 11.4 Å². The van der Waals surface area contributed by atoms with Gasteiger partial charge in [0.05, 0.1) is 11.3 Å². The van der Waals surface area contributed by atoms with E-state index < -0.39 is 39.9 Å². The van der Waals surface area contributed by atoms with E-state index in [2.05, 4.69) is 25.1 Å². The van der Waals surface area contributed by atoms with Crippen molar-refractivity contribution in [2.24, 2.45) is 5.41 Å². The van der Waals surface area contributed by atoms with E-state index in [4.69, 9.17) is 0 Å². The Balaban J connectivity index is 1.73. The Hall–Kier alpha value is -4.46. The van der Waals surface area contributed by atoms with Crippen LogP contribution in [-0.2, 0) is 6.18 Å². The predicted octanol–water partition coefficient (Wildman–Crippen LogP) is 4.77. The van der Waals surface area contributed by atoms with E-state index in [1.165, 1.54) is 23.8 Å². The minimum atomic E-state index is -4.95. The molecule has 0 aliphatic heterocycles. The summed E-state index contributed by atoms with van der Waals surface area (Å²) in [7, 11) is 0. The second-order valence-corrected chi connectivity index (χ2v) is 11.0. The Labute approximate surface area is 228 Å². The van der Waals surface area contributed by atoms with Crippen LogP contribution in [0.1, 0.15) is 49.2 Å².